The Morgan fingerprint density at radius 3 is 2.73 bits per heavy atom. The molecule has 6 heteroatoms. The van der Waals surface area contributed by atoms with Gasteiger partial charge < -0.3 is 5.32 Å². The molecule has 1 aliphatic carbocycles. The number of carbonyl (C=O) groups excluding carboxylic acids is 3. The molecule has 0 aromatic heterocycles. The van der Waals surface area contributed by atoms with E-state index >= 15 is 0 Å². The predicted molar refractivity (Wildman–Crippen MR) is 83.9 cm³/mol. The minimum atomic E-state index is -0.506. The highest BCUT2D eigenvalue weighted by atomic mass is 79.9. The third kappa shape index (κ3) is 2.37. The fourth-order valence-corrected chi connectivity index (χ4v) is 3.53. The van der Waals surface area contributed by atoms with Gasteiger partial charge in [0.25, 0.3) is 5.91 Å². The van der Waals surface area contributed by atoms with E-state index in [9.17, 15) is 14.4 Å². The Morgan fingerprint density at radius 1 is 1.27 bits per heavy atom. The van der Waals surface area contributed by atoms with Crippen LogP contribution >= 0.6 is 15.9 Å². The number of halogens is 1. The Morgan fingerprint density at radius 2 is 2.00 bits per heavy atom. The largest absolute Gasteiger partial charge is 0.345 e. The van der Waals surface area contributed by atoms with Crippen molar-refractivity contribution in [2.24, 2.45) is 11.8 Å². The molecule has 0 bridgehead atoms. The molecule has 1 aromatic carbocycles. The van der Waals surface area contributed by atoms with Gasteiger partial charge in [-0.1, -0.05) is 24.3 Å². The fraction of sp³-hybridized carbons (Fsp3) is 0.312. The van der Waals surface area contributed by atoms with Crippen LogP contribution in [-0.2, 0) is 9.59 Å². The second-order valence-corrected chi connectivity index (χ2v) is 6.37. The van der Waals surface area contributed by atoms with Gasteiger partial charge in [-0.25, -0.2) is 0 Å². The Bertz CT molecular complexity index is 686. The Balaban J connectivity index is 1.83. The molecule has 22 heavy (non-hydrogen) atoms. The average molecular weight is 363 g/mol. The molecule has 0 saturated carbocycles. The molecule has 1 N–H and O–H groups in total. The van der Waals surface area contributed by atoms with Crippen LogP contribution in [0.1, 0.15) is 16.8 Å². The van der Waals surface area contributed by atoms with Crippen LogP contribution in [0.2, 0.25) is 0 Å². The molecule has 0 spiro atoms. The number of amides is 3. The average Bonchev–Trinajstić information content (AvgIpc) is 2.73. The second kappa shape index (κ2) is 5.68. The summed E-state index contributed by atoms with van der Waals surface area (Å²) in [6.07, 6.45) is 4.21. The molecule has 2 aliphatic rings. The van der Waals surface area contributed by atoms with Crippen LogP contribution in [0.4, 0.5) is 0 Å². The monoisotopic (exact) mass is 362 g/mol. The summed E-state index contributed by atoms with van der Waals surface area (Å²) in [6, 6.07) is 6.63. The normalized spacial score (nSPS) is 27.0. The van der Waals surface area contributed by atoms with E-state index in [1.807, 2.05) is 12.1 Å². The minimum Gasteiger partial charge on any atom is -0.345 e. The van der Waals surface area contributed by atoms with Gasteiger partial charge in [0, 0.05) is 11.5 Å². The van der Waals surface area contributed by atoms with Crippen LogP contribution in [0.5, 0.6) is 0 Å². The number of hydrogen-bond acceptors (Lipinski definition) is 3. The number of imide groups is 1. The van der Waals surface area contributed by atoms with Gasteiger partial charge in [-0.2, -0.15) is 0 Å². The lowest BCUT2D eigenvalue weighted by atomic mass is 9.81. The van der Waals surface area contributed by atoms with Gasteiger partial charge in [0.1, 0.15) is 0 Å². The molecule has 3 amide bonds. The summed E-state index contributed by atoms with van der Waals surface area (Å²) in [5.41, 5.74) is 0.503. The Labute approximate surface area is 136 Å². The van der Waals surface area contributed by atoms with Crippen LogP contribution in [0.3, 0.4) is 0 Å². The van der Waals surface area contributed by atoms with Gasteiger partial charge in [-0.3, -0.25) is 19.3 Å². The second-order valence-electron chi connectivity index (χ2n) is 5.51. The number of rotatable bonds is 2. The van der Waals surface area contributed by atoms with Crippen molar-refractivity contribution in [1.82, 2.24) is 10.2 Å². The summed E-state index contributed by atoms with van der Waals surface area (Å²) in [7, 11) is 1.50. The Hall–Kier alpha value is -1.95. The molecule has 3 atom stereocenters. The van der Waals surface area contributed by atoms with Crippen LogP contribution in [0.15, 0.2) is 40.9 Å². The van der Waals surface area contributed by atoms with Crippen molar-refractivity contribution in [2.75, 3.05) is 7.05 Å². The van der Waals surface area contributed by atoms with Gasteiger partial charge in [-0.05, 0) is 34.5 Å². The number of nitrogens with zero attached hydrogens (tertiary/aromatic N) is 1. The van der Waals surface area contributed by atoms with E-state index in [-0.39, 0.29) is 23.6 Å². The maximum atomic E-state index is 12.4. The molecule has 3 rings (SSSR count). The summed E-state index contributed by atoms with van der Waals surface area (Å²) < 4.78 is 0.690. The fourth-order valence-electron chi connectivity index (χ4n) is 3.06. The molecule has 1 aliphatic heterocycles. The van der Waals surface area contributed by atoms with Crippen molar-refractivity contribution in [1.29, 1.82) is 0 Å². The number of nitrogens with one attached hydrogen (secondary N) is 1. The van der Waals surface area contributed by atoms with E-state index in [0.717, 1.165) is 0 Å². The van der Waals surface area contributed by atoms with Gasteiger partial charge in [0.05, 0.1) is 23.4 Å². The first kappa shape index (κ1) is 15.0. The van der Waals surface area contributed by atoms with Crippen LogP contribution in [0.25, 0.3) is 0 Å². The number of fused-ring (bicyclic) bond motifs is 1. The molecular weight excluding hydrogens is 348 g/mol. The van der Waals surface area contributed by atoms with Crippen molar-refractivity contribution in [3.63, 3.8) is 0 Å². The zero-order valence-corrected chi connectivity index (χ0v) is 13.5. The number of allylic oxidation sites excluding steroid dienone is 1. The van der Waals surface area contributed by atoms with Crippen LogP contribution < -0.4 is 5.32 Å². The van der Waals surface area contributed by atoms with Crippen molar-refractivity contribution >= 4 is 33.7 Å². The van der Waals surface area contributed by atoms with E-state index in [2.05, 4.69) is 21.2 Å². The summed E-state index contributed by atoms with van der Waals surface area (Å²) in [5.74, 6) is -1.53. The first-order chi connectivity index (χ1) is 10.5. The maximum Gasteiger partial charge on any atom is 0.252 e. The lowest BCUT2D eigenvalue weighted by Crippen LogP contribution is -2.45. The number of likely N-dealkylation sites (tertiary alicyclic amines) is 1. The highest BCUT2D eigenvalue weighted by molar-refractivity contribution is 9.10. The highest BCUT2D eigenvalue weighted by Crippen LogP contribution is 2.34. The van der Waals surface area contributed by atoms with E-state index in [0.29, 0.717) is 16.5 Å². The van der Waals surface area contributed by atoms with Gasteiger partial charge in [0.2, 0.25) is 11.8 Å². The first-order valence-corrected chi connectivity index (χ1v) is 7.83. The number of benzene rings is 1. The third-order valence-corrected chi connectivity index (χ3v) is 4.93. The van der Waals surface area contributed by atoms with E-state index < -0.39 is 12.0 Å². The lowest BCUT2D eigenvalue weighted by molar-refractivity contribution is -0.138. The number of hydrogen-bond donors (Lipinski definition) is 1. The lowest BCUT2D eigenvalue weighted by Gasteiger charge is -2.27. The molecule has 1 aromatic rings. The van der Waals surface area contributed by atoms with Gasteiger partial charge >= 0.3 is 0 Å². The third-order valence-electron chi connectivity index (χ3n) is 4.23. The highest BCUT2D eigenvalue weighted by Gasteiger charge is 2.50. The number of carbonyl (C=O) groups is 3. The molecular formula is C16H15BrN2O3. The van der Waals surface area contributed by atoms with E-state index in [4.69, 9.17) is 0 Å². The molecule has 1 saturated heterocycles. The summed E-state index contributed by atoms with van der Waals surface area (Å²) >= 11 is 3.34. The predicted octanol–water partition coefficient (Wildman–Crippen LogP) is 1.74. The molecule has 114 valence electrons. The zero-order chi connectivity index (χ0) is 15.9. The van der Waals surface area contributed by atoms with Gasteiger partial charge in [0.15, 0.2) is 0 Å². The smallest absolute Gasteiger partial charge is 0.252 e. The van der Waals surface area contributed by atoms with Crippen LogP contribution in [-0.4, -0.2) is 35.7 Å². The minimum absolute atomic E-state index is 0.167. The standard InChI is InChI=1S/C16H15BrN2O3/c1-19-15(21)10-6-4-8-12(13(10)16(19)22)18-14(20)9-5-2-3-7-11(9)17/h2-5,7-8,10,12-13H,6H2,1H3,(H,18,20)/t10-,12+,13-/m0/s1. The summed E-state index contributed by atoms with van der Waals surface area (Å²) in [6.45, 7) is 0. The molecule has 0 radical (unpaired) electrons. The topological polar surface area (TPSA) is 66.5 Å². The maximum absolute atomic E-state index is 12.4. The first-order valence-electron chi connectivity index (χ1n) is 7.04. The van der Waals surface area contributed by atoms with E-state index in [1.165, 1.54) is 11.9 Å². The van der Waals surface area contributed by atoms with E-state index in [1.54, 1.807) is 24.3 Å². The molecule has 5 nitrogen and oxygen atoms in total. The summed E-state index contributed by atoms with van der Waals surface area (Å²) in [4.78, 5) is 37.9. The van der Waals surface area contributed by atoms with Crippen molar-refractivity contribution in [2.45, 2.75) is 12.5 Å². The van der Waals surface area contributed by atoms with Gasteiger partial charge in [-0.15, -0.1) is 0 Å². The SMILES string of the molecule is CN1C(=O)[C@H]2[C@H](CC=C[C@H]2NC(=O)c2ccccc2Br)C1=O. The Kier molecular flexibility index (Phi) is 3.87. The van der Waals surface area contributed by atoms with Crippen LogP contribution in [0, 0.1) is 11.8 Å². The molecule has 1 fully saturated rings. The van der Waals surface area contributed by atoms with Crippen molar-refractivity contribution in [3.05, 3.63) is 46.5 Å². The molecule has 0 unspecified atom stereocenters. The zero-order valence-electron chi connectivity index (χ0n) is 12.0. The quantitative estimate of drug-likeness (QED) is 0.643. The summed E-state index contributed by atoms with van der Waals surface area (Å²) in [5, 5.41) is 2.86. The molecule has 1 heterocycles. The van der Waals surface area contributed by atoms with Crippen molar-refractivity contribution in [3.8, 4) is 0 Å². The van der Waals surface area contributed by atoms with Crippen molar-refractivity contribution < 1.29 is 14.4 Å².